The summed E-state index contributed by atoms with van der Waals surface area (Å²) in [5.41, 5.74) is 1.65. The van der Waals surface area contributed by atoms with Crippen LogP contribution in [0.3, 0.4) is 0 Å². The summed E-state index contributed by atoms with van der Waals surface area (Å²) in [6.45, 7) is 5.26. The first-order valence-electron chi connectivity index (χ1n) is 12.7. The highest BCUT2D eigenvalue weighted by Gasteiger charge is 2.26. The van der Waals surface area contributed by atoms with Crippen LogP contribution in [-0.2, 0) is 27.3 Å². The van der Waals surface area contributed by atoms with Crippen LogP contribution in [0.15, 0.2) is 65.1 Å². The molecule has 2 unspecified atom stereocenters. The maximum Gasteiger partial charge on any atom is 0.408 e. The summed E-state index contributed by atoms with van der Waals surface area (Å²) in [6, 6.07) is 16.8. The normalized spacial score (nSPS) is 12.7. The zero-order chi connectivity index (χ0) is 30.2. The minimum absolute atomic E-state index is 0.165. The van der Waals surface area contributed by atoms with Crippen molar-refractivity contribution in [3.8, 4) is 11.5 Å². The molecule has 0 aliphatic heterocycles. The van der Waals surface area contributed by atoms with Gasteiger partial charge in [-0.05, 0) is 89.8 Å². The number of amides is 1. The molecule has 3 rings (SSSR count). The summed E-state index contributed by atoms with van der Waals surface area (Å²) in [6.07, 6.45) is -1.20. The molecule has 3 aromatic carbocycles. The summed E-state index contributed by atoms with van der Waals surface area (Å²) in [7, 11) is 1.25. The van der Waals surface area contributed by atoms with Crippen LogP contribution in [-0.4, -0.2) is 42.5 Å². The molecule has 0 aromatic heterocycles. The van der Waals surface area contributed by atoms with Gasteiger partial charge in [0.25, 0.3) is 0 Å². The Hall–Kier alpha value is -2.98. The van der Waals surface area contributed by atoms with E-state index in [9.17, 15) is 14.7 Å². The van der Waals surface area contributed by atoms with E-state index in [0.29, 0.717) is 32.6 Å². The summed E-state index contributed by atoms with van der Waals surface area (Å²) in [5.74, 6) is 0.529. The molecule has 0 bridgehead atoms. The second-order valence-corrected chi connectivity index (χ2v) is 11.8. The Morgan fingerprint density at radius 1 is 0.976 bits per heavy atom. The maximum atomic E-state index is 12.3. The molecular weight excluding hydrogens is 637 g/mol. The molecule has 0 aliphatic rings. The fourth-order valence-corrected chi connectivity index (χ4v) is 4.57. The van der Waals surface area contributed by atoms with E-state index < -0.39 is 29.8 Å². The topological polar surface area (TPSA) is 103 Å². The van der Waals surface area contributed by atoms with Crippen LogP contribution in [0.5, 0.6) is 11.5 Å². The lowest BCUT2D eigenvalue weighted by molar-refractivity contribution is -0.143. The van der Waals surface area contributed by atoms with Gasteiger partial charge in [0.05, 0.1) is 28.2 Å². The number of methoxy groups -OCH3 is 1. The Morgan fingerprint density at radius 3 is 2.24 bits per heavy atom. The first-order chi connectivity index (χ1) is 19.4. The van der Waals surface area contributed by atoms with Crippen LogP contribution in [0.4, 0.5) is 4.79 Å². The average Bonchev–Trinajstić information content (AvgIpc) is 2.92. The fourth-order valence-electron chi connectivity index (χ4n) is 3.73. The number of hydrogen-bond donors (Lipinski definition) is 2. The number of carbonyl (C=O) groups is 2. The van der Waals surface area contributed by atoms with E-state index in [1.54, 1.807) is 63.2 Å². The van der Waals surface area contributed by atoms with E-state index in [1.807, 2.05) is 18.2 Å². The monoisotopic (exact) mass is 667 g/mol. The average molecular weight is 669 g/mol. The van der Waals surface area contributed by atoms with Crippen LogP contribution >= 0.6 is 39.1 Å². The molecule has 3 aromatic rings. The van der Waals surface area contributed by atoms with E-state index >= 15 is 0 Å². The smallest absolute Gasteiger partial charge is 0.408 e. The van der Waals surface area contributed by atoms with Gasteiger partial charge in [-0.25, -0.2) is 9.59 Å². The Morgan fingerprint density at radius 2 is 1.66 bits per heavy atom. The number of esters is 1. The van der Waals surface area contributed by atoms with Crippen LogP contribution in [0, 0.1) is 0 Å². The second-order valence-electron chi connectivity index (χ2n) is 10.1. The largest absolute Gasteiger partial charge is 0.489 e. The number of carbonyl (C=O) groups excluding carboxylic acids is 2. The standard InChI is InChI=1S/C30H32BrCl2NO7/c1-30(2,3)41-29(37)34-25(28(36)38-4)15-18-6-12-26(22(31)13-18)40-27(16-35)20-7-9-21(10-8-20)39-17-19-5-11-23(32)24(33)14-19/h5-14,25,27,35H,15-17H2,1-4H3,(H,34,37). The molecule has 41 heavy (non-hydrogen) atoms. The van der Waals surface area contributed by atoms with Gasteiger partial charge in [-0.15, -0.1) is 0 Å². The van der Waals surface area contributed by atoms with E-state index in [4.69, 9.17) is 42.1 Å². The summed E-state index contributed by atoms with van der Waals surface area (Å²) in [5, 5.41) is 13.5. The number of halogens is 3. The van der Waals surface area contributed by atoms with E-state index in [1.165, 1.54) is 7.11 Å². The number of alkyl carbamates (subject to hydrolysis) is 1. The third kappa shape index (κ3) is 10.1. The highest BCUT2D eigenvalue weighted by molar-refractivity contribution is 9.10. The molecular formula is C30H32BrCl2NO7. The number of hydrogen-bond acceptors (Lipinski definition) is 7. The number of aliphatic hydroxyl groups is 1. The summed E-state index contributed by atoms with van der Waals surface area (Å²) in [4.78, 5) is 24.5. The van der Waals surface area contributed by atoms with Gasteiger partial charge in [0, 0.05) is 6.42 Å². The van der Waals surface area contributed by atoms with E-state index in [-0.39, 0.29) is 13.0 Å². The lowest BCUT2D eigenvalue weighted by Crippen LogP contribution is -2.45. The van der Waals surface area contributed by atoms with Gasteiger partial charge in [-0.1, -0.05) is 47.5 Å². The molecule has 0 saturated heterocycles. The first-order valence-corrected chi connectivity index (χ1v) is 14.2. The molecule has 8 nitrogen and oxygen atoms in total. The van der Waals surface area contributed by atoms with Gasteiger partial charge in [0.15, 0.2) is 0 Å². The number of rotatable bonds is 11. The van der Waals surface area contributed by atoms with Crippen LogP contribution in [0.1, 0.15) is 43.6 Å². The number of nitrogens with one attached hydrogen (secondary N) is 1. The van der Waals surface area contributed by atoms with Crippen molar-refractivity contribution < 1.29 is 33.6 Å². The molecule has 0 radical (unpaired) electrons. The van der Waals surface area contributed by atoms with Crippen molar-refractivity contribution in [2.45, 2.75) is 51.5 Å². The van der Waals surface area contributed by atoms with Crippen molar-refractivity contribution in [2.24, 2.45) is 0 Å². The minimum Gasteiger partial charge on any atom is -0.489 e. The second kappa shape index (κ2) is 14.8. The lowest BCUT2D eigenvalue weighted by Gasteiger charge is -2.23. The predicted octanol–water partition coefficient (Wildman–Crippen LogP) is 7.06. The number of ether oxygens (including phenoxy) is 4. The van der Waals surface area contributed by atoms with Gasteiger partial charge in [0.1, 0.15) is 35.9 Å². The van der Waals surface area contributed by atoms with Crippen molar-refractivity contribution in [2.75, 3.05) is 13.7 Å². The molecule has 11 heteroatoms. The summed E-state index contributed by atoms with van der Waals surface area (Å²) >= 11 is 15.5. The van der Waals surface area contributed by atoms with Crippen LogP contribution < -0.4 is 14.8 Å². The molecule has 2 N–H and O–H groups in total. The highest BCUT2D eigenvalue weighted by Crippen LogP contribution is 2.31. The molecule has 0 saturated carbocycles. The Labute approximate surface area is 258 Å². The number of aliphatic hydroxyl groups excluding tert-OH is 1. The Balaban J connectivity index is 1.64. The fraction of sp³-hybridized carbons (Fsp3) is 0.333. The molecule has 0 spiro atoms. The zero-order valence-corrected chi connectivity index (χ0v) is 26.2. The van der Waals surface area contributed by atoms with Gasteiger partial charge >= 0.3 is 12.1 Å². The molecule has 0 heterocycles. The predicted molar refractivity (Wildman–Crippen MR) is 161 cm³/mol. The third-order valence-electron chi connectivity index (χ3n) is 5.69. The molecule has 0 fully saturated rings. The first kappa shape index (κ1) is 32.5. The summed E-state index contributed by atoms with van der Waals surface area (Å²) < 4.78 is 22.6. The minimum atomic E-state index is -0.948. The van der Waals surface area contributed by atoms with Crippen molar-refractivity contribution >= 4 is 51.2 Å². The van der Waals surface area contributed by atoms with Gasteiger partial charge in [-0.2, -0.15) is 0 Å². The Bertz CT molecular complexity index is 1350. The molecule has 0 aliphatic carbocycles. The number of benzene rings is 3. The lowest BCUT2D eigenvalue weighted by atomic mass is 10.1. The highest BCUT2D eigenvalue weighted by atomic mass is 79.9. The third-order valence-corrected chi connectivity index (χ3v) is 7.05. The van der Waals surface area contributed by atoms with Crippen molar-refractivity contribution in [1.82, 2.24) is 5.32 Å². The van der Waals surface area contributed by atoms with Crippen molar-refractivity contribution in [1.29, 1.82) is 0 Å². The van der Waals surface area contributed by atoms with Gasteiger partial charge < -0.3 is 29.4 Å². The van der Waals surface area contributed by atoms with E-state index in [2.05, 4.69) is 21.2 Å². The zero-order valence-electron chi connectivity index (χ0n) is 23.1. The molecule has 220 valence electrons. The molecule has 2 atom stereocenters. The van der Waals surface area contributed by atoms with Crippen molar-refractivity contribution in [3.05, 3.63) is 91.9 Å². The molecule has 1 amide bonds. The maximum absolute atomic E-state index is 12.3. The van der Waals surface area contributed by atoms with Gasteiger partial charge in [0.2, 0.25) is 0 Å². The van der Waals surface area contributed by atoms with E-state index in [0.717, 1.165) is 16.7 Å². The quantitative estimate of drug-likeness (QED) is 0.211. The van der Waals surface area contributed by atoms with Crippen LogP contribution in [0.2, 0.25) is 10.0 Å². The van der Waals surface area contributed by atoms with Gasteiger partial charge in [-0.3, -0.25) is 0 Å². The Kier molecular flexibility index (Phi) is 11.7. The van der Waals surface area contributed by atoms with Crippen LogP contribution in [0.25, 0.3) is 0 Å². The SMILES string of the molecule is COC(=O)C(Cc1ccc(OC(CO)c2ccc(OCc3ccc(Cl)c(Cl)c3)cc2)c(Br)c1)NC(=O)OC(C)(C)C. The van der Waals surface area contributed by atoms with Crippen molar-refractivity contribution in [3.63, 3.8) is 0 Å².